The first-order valence-corrected chi connectivity index (χ1v) is 17.2. The molecule has 0 radical (unpaired) electrons. The smallest absolute Gasteiger partial charge is 0.178 e. The van der Waals surface area contributed by atoms with Gasteiger partial charge in [0.2, 0.25) is 0 Å². The van der Waals surface area contributed by atoms with Gasteiger partial charge in [0.1, 0.15) is 22.8 Å². The van der Waals surface area contributed by atoms with E-state index >= 15 is 0 Å². The molecule has 0 aromatic heterocycles. The lowest BCUT2D eigenvalue weighted by Crippen LogP contribution is -2.36. The first-order chi connectivity index (χ1) is 23.9. The molecule has 2 atom stereocenters. The standard InChI is InChI=1S/C43H43NO5/c1-7-42(47-6)36-24-28(3)10-17-32(36)39-34-25-37(44-20-22-48-23-21-44)38(46-5)26-35(34)41-33(40(39)42)18-19-43(49-41,29-11-8-27(2)9-12-29)30-13-15-31(45-4)16-14-30/h8-19,24-26H,7,20-23H2,1-6H3. The maximum absolute atomic E-state index is 7.56. The van der Waals surface area contributed by atoms with Crippen molar-refractivity contribution in [1.29, 1.82) is 0 Å². The number of hydrogen-bond acceptors (Lipinski definition) is 6. The van der Waals surface area contributed by atoms with E-state index in [0.29, 0.717) is 13.2 Å². The van der Waals surface area contributed by atoms with Crippen LogP contribution in [0.4, 0.5) is 5.69 Å². The maximum atomic E-state index is 7.56. The van der Waals surface area contributed by atoms with Gasteiger partial charge in [0.25, 0.3) is 0 Å². The van der Waals surface area contributed by atoms with Gasteiger partial charge in [0, 0.05) is 47.8 Å². The Labute approximate surface area is 288 Å². The molecule has 49 heavy (non-hydrogen) atoms. The number of morpholine rings is 1. The third kappa shape index (κ3) is 4.68. The zero-order valence-corrected chi connectivity index (χ0v) is 29.2. The number of anilines is 1. The minimum absolute atomic E-state index is 0.647. The normalized spacial score (nSPS) is 20.8. The maximum Gasteiger partial charge on any atom is 0.178 e. The summed E-state index contributed by atoms with van der Waals surface area (Å²) in [5.41, 5.74) is 9.77. The number of hydrogen-bond donors (Lipinski definition) is 0. The summed E-state index contributed by atoms with van der Waals surface area (Å²) in [6, 6.07) is 28.1. The van der Waals surface area contributed by atoms with Crippen molar-refractivity contribution in [2.45, 2.75) is 38.4 Å². The highest BCUT2D eigenvalue weighted by molar-refractivity contribution is 6.10. The lowest BCUT2D eigenvalue weighted by Gasteiger charge is -2.39. The Morgan fingerprint density at radius 2 is 1.47 bits per heavy atom. The van der Waals surface area contributed by atoms with Crippen molar-refractivity contribution < 1.29 is 23.7 Å². The van der Waals surface area contributed by atoms with Crippen LogP contribution in [0.1, 0.15) is 52.3 Å². The quantitative estimate of drug-likeness (QED) is 0.175. The van der Waals surface area contributed by atoms with Crippen LogP contribution in [0, 0.1) is 13.8 Å². The van der Waals surface area contributed by atoms with Gasteiger partial charge in [-0.05, 0) is 72.7 Å². The Bertz CT molecular complexity index is 2090. The molecular formula is C43H43NO5. The van der Waals surface area contributed by atoms with Crippen LogP contribution in [0.2, 0.25) is 0 Å². The lowest BCUT2D eigenvalue weighted by atomic mass is 9.79. The molecule has 6 nitrogen and oxygen atoms in total. The Balaban J connectivity index is 1.48. The Morgan fingerprint density at radius 1 is 0.776 bits per heavy atom. The van der Waals surface area contributed by atoms with E-state index in [1.54, 1.807) is 14.2 Å². The molecule has 0 spiro atoms. The molecule has 2 heterocycles. The number of benzene rings is 5. The molecule has 3 aliphatic rings. The fourth-order valence-corrected chi connectivity index (χ4v) is 8.26. The molecule has 6 heteroatoms. The summed E-state index contributed by atoms with van der Waals surface area (Å²) in [7, 11) is 5.29. The van der Waals surface area contributed by atoms with E-state index < -0.39 is 11.2 Å². The topological polar surface area (TPSA) is 49.4 Å². The second-order valence-electron chi connectivity index (χ2n) is 13.4. The molecule has 5 aromatic carbocycles. The summed E-state index contributed by atoms with van der Waals surface area (Å²) >= 11 is 0. The van der Waals surface area contributed by atoms with Crippen molar-refractivity contribution >= 4 is 22.5 Å². The highest BCUT2D eigenvalue weighted by Gasteiger charge is 2.48. The Hall–Kier alpha value is -4.78. The van der Waals surface area contributed by atoms with Crippen LogP contribution in [-0.4, -0.2) is 47.6 Å². The van der Waals surface area contributed by atoms with Gasteiger partial charge in [-0.3, -0.25) is 0 Å². The van der Waals surface area contributed by atoms with Gasteiger partial charge in [-0.25, -0.2) is 0 Å². The van der Waals surface area contributed by atoms with Crippen LogP contribution in [0.5, 0.6) is 17.2 Å². The zero-order chi connectivity index (χ0) is 33.9. The molecule has 2 unspecified atom stereocenters. The summed E-state index contributed by atoms with van der Waals surface area (Å²) in [4.78, 5) is 2.37. The molecule has 8 rings (SSSR count). The third-order valence-corrected chi connectivity index (χ3v) is 10.8. The van der Waals surface area contributed by atoms with E-state index in [2.05, 4.69) is 105 Å². The molecule has 1 aliphatic carbocycles. The summed E-state index contributed by atoms with van der Waals surface area (Å²) < 4.78 is 31.7. The number of methoxy groups -OCH3 is 3. The molecule has 5 aromatic rings. The van der Waals surface area contributed by atoms with E-state index in [-0.39, 0.29) is 0 Å². The molecule has 0 bridgehead atoms. The monoisotopic (exact) mass is 653 g/mol. The second kappa shape index (κ2) is 12.0. The van der Waals surface area contributed by atoms with Crippen molar-refractivity contribution in [3.8, 4) is 28.4 Å². The zero-order valence-electron chi connectivity index (χ0n) is 29.2. The Morgan fingerprint density at radius 3 is 2.12 bits per heavy atom. The van der Waals surface area contributed by atoms with Gasteiger partial charge in [-0.15, -0.1) is 0 Å². The number of rotatable bonds is 7. The van der Waals surface area contributed by atoms with Crippen molar-refractivity contribution in [2.75, 3.05) is 52.5 Å². The largest absolute Gasteiger partial charge is 0.497 e. The SMILES string of the molecule is CCC1(OC)c2cc(C)ccc2-c2c1c1c(c3cc(OC)c(N4CCOCC4)cc23)OC(c2ccc(C)cc2)(c2ccc(OC)cc2)C=C1. The lowest BCUT2D eigenvalue weighted by molar-refractivity contribution is 0.0219. The highest BCUT2D eigenvalue weighted by atomic mass is 16.5. The summed E-state index contributed by atoms with van der Waals surface area (Å²) in [6.07, 6.45) is 5.26. The minimum Gasteiger partial charge on any atom is -0.497 e. The van der Waals surface area contributed by atoms with Gasteiger partial charge in [0.05, 0.1) is 33.1 Å². The number of nitrogens with zero attached hydrogens (tertiary/aromatic N) is 1. The fourth-order valence-electron chi connectivity index (χ4n) is 8.26. The van der Waals surface area contributed by atoms with Crippen LogP contribution in [0.3, 0.4) is 0 Å². The summed E-state index contributed by atoms with van der Waals surface area (Å²) in [5, 5.41) is 2.13. The van der Waals surface area contributed by atoms with Crippen LogP contribution >= 0.6 is 0 Å². The molecule has 0 saturated carbocycles. The molecule has 250 valence electrons. The van der Waals surface area contributed by atoms with Crippen molar-refractivity contribution in [2.24, 2.45) is 0 Å². The molecule has 2 aliphatic heterocycles. The minimum atomic E-state index is -0.895. The average Bonchev–Trinajstić information content (AvgIpc) is 3.44. The van der Waals surface area contributed by atoms with Crippen molar-refractivity contribution in [3.63, 3.8) is 0 Å². The predicted octanol–water partition coefficient (Wildman–Crippen LogP) is 8.94. The van der Waals surface area contributed by atoms with Crippen LogP contribution in [0.25, 0.3) is 28.0 Å². The average molecular weight is 654 g/mol. The first-order valence-electron chi connectivity index (χ1n) is 17.2. The van der Waals surface area contributed by atoms with Gasteiger partial charge < -0.3 is 28.6 Å². The molecule has 0 amide bonds. The van der Waals surface area contributed by atoms with Crippen LogP contribution in [-0.2, 0) is 20.7 Å². The van der Waals surface area contributed by atoms with Gasteiger partial charge >= 0.3 is 0 Å². The van der Waals surface area contributed by atoms with Gasteiger partial charge in [-0.2, -0.15) is 0 Å². The number of ether oxygens (including phenoxy) is 5. The fraction of sp³-hybridized carbons (Fsp3) is 0.302. The predicted molar refractivity (Wildman–Crippen MR) is 196 cm³/mol. The molecule has 1 fully saturated rings. The first kappa shape index (κ1) is 31.5. The van der Waals surface area contributed by atoms with Gasteiger partial charge in [0.15, 0.2) is 5.60 Å². The van der Waals surface area contributed by atoms with Crippen LogP contribution < -0.4 is 19.1 Å². The summed E-state index contributed by atoms with van der Waals surface area (Å²) in [6.45, 7) is 9.45. The van der Waals surface area contributed by atoms with E-state index in [0.717, 1.165) is 75.5 Å². The van der Waals surface area contributed by atoms with E-state index in [4.69, 9.17) is 23.7 Å². The second-order valence-corrected chi connectivity index (χ2v) is 13.4. The number of aryl methyl sites for hydroxylation is 2. The number of fused-ring (bicyclic) bond motifs is 8. The molecule has 0 N–H and O–H groups in total. The summed E-state index contributed by atoms with van der Waals surface area (Å²) in [5.74, 6) is 2.43. The van der Waals surface area contributed by atoms with E-state index in [1.165, 1.54) is 27.8 Å². The van der Waals surface area contributed by atoms with E-state index in [9.17, 15) is 0 Å². The van der Waals surface area contributed by atoms with Crippen molar-refractivity contribution in [1.82, 2.24) is 0 Å². The molecule has 1 saturated heterocycles. The Kier molecular flexibility index (Phi) is 7.69. The van der Waals surface area contributed by atoms with E-state index in [1.807, 2.05) is 19.2 Å². The molecular weight excluding hydrogens is 610 g/mol. The van der Waals surface area contributed by atoms with Crippen molar-refractivity contribution in [3.05, 3.63) is 124 Å². The van der Waals surface area contributed by atoms with Crippen LogP contribution in [0.15, 0.2) is 84.9 Å². The third-order valence-electron chi connectivity index (χ3n) is 10.8. The highest BCUT2D eigenvalue weighted by Crippen LogP contribution is 2.60. The van der Waals surface area contributed by atoms with Gasteiger partial charge in [-0.1, -0.05) is 78.7 Å².